The molecule has 0 unspecified atom stereocenters. The van der Waals surface area contributed by atoms with Crippen LogP contribution < -0.4 is 4.72 Å². The summed E-state index contributed by atoms with van der Waals surface area (Å²) >= 11 is 7.20. The number of sulfonamides is 1. The number of aryl methyl sites for hydroxylation is 1. The Hall–Kier alpha value is -1.42. The van der Waals surface area contributed by atoms with Gasteiger partial charge in [0, 0.05) is 17.6 Å². The largest absolute Gasteiger partial charge is 0.361 e. The van der Waals surface area contributed by atoms with E-state index in [-0.39, 0.29) is 16.7 Å². The lowest BCUT2D eigenvalue weighted by atomic mass is 10.4. The van der Waals surface area contributed by atoms with Crippen LogP contribution in [-0.4, -0.2) is 23.0 Å². The van der Waals surface area contributed by atoms with Crippen molar-refractivity contribution in [3.8, 4) is 0 Å². The Kier molecular flexibility index (Phi) is 3.28. The average Bonchev–Trinajstić information content (AvgIpc) is 3.02. The first-order valence-corrected chi connectivity index (χ1v) is 8.24. The molecule has 0 aromatic carbocycles. The maximum atomic E-state index is 12.3. The molecule has 0 atom stereocenters. The number of aromatic nitrogens is 3. The number of thiazole rings is 1. The molecular formula is C10H9ClN4O3S2. The van der Waals surface area contributed by atoms with Gasteiger partial charge in [-0.05, 0) is 6.92 Å². The number of halogens is 1. The summed E-state index contributed by atoms with van der Waals surface area (Å²) in [5.41, 5.74) is 0.494. The van der Waals surface area contributed by atoms with Crippen molar-refractivity contribution in [2.45, 2.75) is 18.5 Å². The number of rotatable bonds is 4. The summed E-state index contributed by atoms with van der Waals surface area (Å²) in [6.45, 7) is 1.75. The van der Waals surface area contributed by atoms with Gasteiger partial charge in [0.1, 0.15) is 5.76 Å². The minimum absolute atomic E-state index is 0.0212. The van der Waals surface area contributed by atoms with Gasteiger partial charge in [-0.15, -0.1) is 11.3 Å². The van der Waals surface area contributed by atoms with Crippen LogP contribution in [0.15, 0.2) is 27.2 Å². The first-order valence-electron chi connectivity index (χ1n) is 5.50. The second-order valence-corrected chi connectivity index (χ2v) is 6.93. The fourth-order valence-corrected chi connectivity index (χ4v) is 4.16. The molecule has 20 heavy (non-hydrogen) atoms. The second-order valence-electron chi connectivity index (χ2n) is 4.02. The van der Waals surface area contributed by atoms with Crippen LogP contribution in [-0.2, 0) is 16.6 Å². The number of imidazole rings is 1. The Morgan fingerprint density at radius 3 is 3.05 bits per heavy atom. The van der Waals surface area contributed by atoms with E-state index >= 15 is 0 Å². The van der Waals surface area contributed by atoms with Gasteiger partial charge in [-0.1, -0.05) is 16.8 Å². The van der Waals surface area contributed by atoms with Crippen molar-refractivity contribution in [1.29, 1.82) is 0 Å². The van der Waals surface area contributed by atoms with E-state index in [9.17, 15) is 8.42 Å². The van der Waals surface area contributed by atoms with Crippen LogP contribution in [0.4, 0.5) is 0 Å². The lowest BCUT2D eigenvalue weighted by molar-refractivity contribution is 0.390. The third kappa shape index (κ3) is 2.33. The summed E-state index contributed by atoms with van der Waals surface area (Å²) in [6, 6.07) is 1.65. The summed E-state index contributed by atoms with van der Waals surface area (Å²) in [4.78, 5) is 4.51. The highest BCUT2D eigenvalue weighted by molar-refractivity contribution is 7.89. The van der Waals surface area contributed by atoms with Crippen LogP contribution in [0, 0.1) is 6.92 Å². The molecule has 0 spiro atoms. The van der Waals surface area contributed by atoms with E-state index in [0.29, 0.717) is 16.4 Å². The van der Waals surface area contributed by atoms with Crippen LogP contribution in [0.3, 0.4) is 0 Å². The molecule has 0 saturated carbocycles. The van der Waals surface area contributed by atoms with E-state index in [1.807, 2.05) is 0 Å². The van der Waals surface area contributed by atoms with Crippen molar-refractivity contribution in [2.24, 2.45) is 0 Å². The molecule has 106 valence electrons. The number of hydrogen-bond donors (Lipinski definition) is 1. The molecular weight excluding hydrogens is 324 g/mol. The van der Waals surface area contributed by atoms with Gasteiger partial charge in [0.2, 0.25) is 0 Å². The molecule has 10 heteroatoms. The first-order chi connectivity index (χ1) is 9.47. The Bertz CT molecular complexity index is 864. The number of fused-ring (bicyclic) bond motifs is 1. The zero-order chi connectivity index (χ0) is 14.3. The minimum Gasteiger partial charge on any atom is -0.361 e. The van der Waals surface area contributed by atoms with E-state index in [0.717, 1.165) is 0 Å². The normalized spacial score (nSPS) is 12.3. The van der Waals surface area contributed by atoms with Crippen LogP contribution in [0.2, 0.25) is 5.15 Å². The summed E-state index contributed by atoms with van der Waals surface area (Å²) in [7, 11) is -3.79. The van der Waals surface area contributed by atoms with E-state index in [4.69, 9.17) is 16.1 Å². The standard InChI is InChI=1S/C10H9ClN4O3S2/c1-6-4-7(14-18-6)5-12-20(16,17)9-8(11)13-10-15(9)2-3-19-10/h2-4,12H,5H2,1H3. The zero-order valence-corrected chi connectivity index (χ0v) is 12.6. The molecule has 3 aromatic rings. The quantitative estimate of drug-likeness (QED) is 0.787. The third-order valence-electron chi connectivity index (χ3n) is 2.55. The molecule has 7 nitrogen and oxygen atoms in total. The Balaban J connectivity index is 1.91. The summed E-state index contributed by atoms with van der Waals surface area (Å²) in [5.74, 6) is 0.613. The first kappa shape index (κ1) is 13.6. The Labute approximate surface area is 123 Å². The monoisotopic (exact) mass is 332 g/mol. The van der Waals surface area contributed by atoms with Gasteiger partial charge in [0.15, 0.2) is 15.1 Å². The predicted molar refractivity (Wildman–Crippen MR) is 73.3 cm³/mol. The van der Waals surface area contributed by atoms with Crippen LogP contribution in [0.25, 0.3) is 4.96 Å². The van der Waals surface area contributed by atoms with Gasteiger partial charge in [0.25, 0.3) is 10.0 Å². The molecule has 0 amide bonds. The molecule has 0 fully saturated rings. The molecule has 0 radical (unpaired) electrons. The van der Waals surface area contributed by atoms with E-state index in [2.05, 4.69) is 14.9 Å². The molecule has 1 N–H and O–H groups in total. The van der Waals surface area contributed by atoms with E-state index < -0.39 is 10.0 Å². The number of nitrogens with one attached hydrogen (secondary N) is 1. The van der Waals surface area contributed by atoms with Crippen molar-refractivity contribution < 1.29 is 12.9 Å². The Morgan fingerprint density at radius 2 is 2.35 bits per heavy atom. The highest BCUT2D eigenvalue weighted by atomic mass is 35.5. The minimum atomic E-state index is -3.79. The highest BCUT2D eigenvalue weighted by Gasteiger charge is 2.25. The molecule has 3 aromatic heterocycles. The number of hydrogen-bond acceptors (Lipinski definition) is 6. The smallest absolute Gasteiger partial charge is 0.260 e. The molecule has 0 saturated heterocycles. The second kappa shape index (κ2) is 4.85. The van der Waals surface area contributed by atoms with Gasteiger partial charge < -0.3 is 4.52 Å². The van der Waals surface area contributed by atoms with Gasteiger partial charge in [-0.25, -0.2) is 18.1 Å². The van der Waals surface area contributed by atoms with Crippen molar-refractivity contribution >= 4 is 37.9 Å². The third-order valence-corrected chi connectivity index (χ3v) is 5.11. The average molecular weight is 333 g/mol. The molecule has 3 rings (SSSR count). The fourth-order valence-electron chi connectivity index (χ4n) is 1.72. The number of nitrogens with zero attached hydrogens (tertiary/aromatic N) is 3. The van der Waals surface area contributed by atoms with Crippen molar-refractivity contribution in [3.05, 3.63) is 34.3 Å². The summed E-state index contributed by atoms with van der Waals surface area (Å²) in [5, 5.41) is 5.33. The van der Waals surface area contributed by atoms with Gasteiger partial charge in [-0.2, -0.15) is 0 Å². The van der Waals surface area contributed by atoms with E-state index in [1.54, 1.807) is 24.6 Å². The molecule has 0 bridgehead atoms. The molecule has 0 aliphatic carbocycles. The molecule has 0 aliphatic rings. The highest BCUT2D eigenvalue weighted by Crippen LogP contribution is 2.25. The maximum Gasteiger partial charge on any atom is 0.260 e. The lowest BCUT2D eigenvalue weighted by Gasteiger charge is -2.04. The lowest BCUT2D eigenvalue weighted by Crippen LogP contribution is -2.24. The van der Waals surface area contributed by atoms with Gasteiger partial charge in [-0.3, -0.25) is 4.40 Å². The Morgan fingerprint density at radius 1 is 1.55 bits per heavy atom. The van der Waals surface area contributed by atoms with Gasteiger partial charge >= 0.3 is 0 Å². The zero-order valence-electron chi connectivity index (χ0n) is 10.2. The fraction of sp³-hybridized carbons (Fsp3) is 0.200. The predicted octanol–water partition coefficient (Wildman–Crippen LogP) is 1.82. The van der Waals surface area contributed by atoms with Crippen LogP contribution in [0.1, 0.15) is 11.5 Å². The van der Waals surface area contributed by atoms with Crippen LogP contribution >= 0.6 is 22.9 Å². The van der Waals surface area contributed by atoms with Crippen molar-refractivity contribution in [1.82, 2.24) is 19.3 Å². The molecule has 0 aliphatic heterocycles. The SMILES string of the molecule is Cc1cc(CNS(=O)(=O)c2c(Cl)nc3sccn23)no1. The summed E-state index contributed by atoms with van der Waals surface area (Å²) < 4.78 is 33.3. The maximum absolute atomic E-state index is 12.3. The topological polar surface area (TPSA) is 89.5 Å². The van der Waals surface area contributed by atoms with Crippen LogP contribution in [0.5, 0.6) is 0 Å². The van der Waals surface area contributed by atoms with Crippen molar-refractivity contribution in [3.63, 3.8) is 0 Å². The summed E-state index contributed by atoms with van der Waals surface area (Å²) in [6.07, 6.45) is 1.60. The van der Waals surface area contributed by atoms with Crippen molar-refractivity contribution in [2.75, 3.05) is 0 Å². The van der Waals surface area contributed by atoms with E-state index in [1.165, 1.54) is 15.7 Å². The van der Waals surface area contributed by atoms with Gasteiger partial charge in [0.05, 0.1) is 12.2 Å². The molecule has 3 heterocycles.